The molecule has 1 fully saturated rings. The Kier molecular flexibility index (Phi) is 3.47. The van der Waals surface area contributed by atoms with E-state index in [0.717, 1.165) is 5.56 Å². The Labute approximate surface area is 103 Å². The van der Waals surface area contributed by atoms with Crippen LogP contribution in [-0.2, 0) is 11.3 Å². The summed E-state index contributed by atoms with van der Waals surface area (Å²) in [6, 6.07) is 8.92. The maximum atomic E-state index is 13.5. The van der Waals surface area contributed by atoms with E-state index in [0.29, 0.717) is 4.90 Å². The van der Waals surface area contributed by atoms with Crippen LogP contribution >= 0.6 is 0 Å². The maximum Gasteiger partial charge on any atom is 0.407 e. The van der Waals surface area contributed by atoms with Crippen molar-refractivity contribution in [3.8, 4) is 0 Å². The molecule has 6 heteroatoms. The Hall–Kier alpha value is -1.69. The Bertz CT molecular complexity index is 425. The molecule has 1 aliphatic rings. The number of ether oxygens (including phenoxy) is 1. The smallest absolute Gasteiger partial charge is 0.407 e. The van der Waals surface area contributed by atoms with Gasteiger partial charge in [0.1, 0.15) is 6.10 Å². The van der Waals surface area contributed by atoms with Crippen molar-refractivity contribution < 1.29 is 23.4 Å². The number of hydrogen-bond donors (Lipinski definition) is 1. The zero-order valence-electron chi connectivity index (χ0n) is 9.55. The van der Waals surface area contributed by atoms with Crippen molar-refractivity contribution in [2.45, 2.75) is 18.6 Å². The van der Waals surface area contributed by atoms with E-state index < -0.39 is 24.7 Å². The molecule has 0 saturated carbocycles. The molecule has 0 aromatic heterocycles. The molecule has 0 radical (unpaired) electrons. The average molecular weight is 257 g/mol. The topological polar surface area (TPSA) is 49.8 Å². The van der Waals surface area contributed by atoms with Crippen LogP contribution in [0.2, 0.25) is 0 Å². The SMILES string of the molecule is O=C(O)N1CC(OCc2ccccc2)C(F)(F)C1. The molecular formula is C12H13F2NO3. The van der Waals surface area contributed by atoms with E-state index in [4.69, 9.17) is 9.84 Å². The molecule has 1 N–H and O–H groups in total. The second-order valence-corrected chi connectivity index (χ2v) is 4.21. The van der Waals surface area contributed by atoms with Gasteiger partial charge in [-0.15, -0.1) is 0 Å². The fourth-order valence-electron chi connectivity index (χ4n) is 1.85. The number of rotatable bonds is 3. The van der Waals surface area contributed by atoms with Gasteiger partial charge in [0.2, 0.25) is 0 Å². The number of benzene rings is 1. The normalized spacial score (nSPS) is 22.1. The molecule has 1 aliphatic heterocycles. The van der Waals surface area contributed by atoms with Gasteiger partial charge in [0, 0.05) is 0 Å². The predicted octanol–water partition coefficient (Wildman–Crippen LogP) is 2.20. The van der Waals surface area contributed by atoms with Crippen LogP contribution in [0.3, 0.4) is 0 Å². The lowest BCUT2D eigenvalue weighted by Gasteiger charge is -2.17. The Morgan fingerprint density at radius 3 is 2.67 bits per heavy atom. The summed E-state index contributed by atoms with van der Waals surface area (Å²) in [4.78, 5) is 11.3. The number of halogens is 2. The first-order chi connectivity index (χ1) is 8.49. The van der Waals surface area contributed by atoms with Crippen LogP contribution < -0.4 is 0 Å². The number of amides is 1. The Morgan fingerprint density at radius 1 is 1.44 bits per heavy atom. The monoisotopic (exact) mass is 257 g/mol. The van der Waals surface area contributed by atoms with Crippen molar-refractivity contribution in [2.24, 2.45) is 0 Å². The number of carboxylic acid groups (broad SMARTS) is 1. The van der Waals surface area contributed by atoms with E-state index in [1.165, 1.54) is 0 Å². The molecule has 1 saturated heterocycles. The van der Waals surface area contributed by atoms with Crippen molar-refractivity contribution in [1.29, 1.82) is 0 Å². The molecule has 18 heavy (non-hydrogen) atoms. The summed E-state index contributed by atoms with van der Waals surface area (Å²) in [5.74, 6) is -3.13. The highest BCUT2D eigenvalue weighted by molar-refractivity contribution is 5.65. The summed E-state index contributed by atoms with van der Waals surface area (Å²) in [7, 11) is 0. The van der Waals surface area contributed by atoms with E-state index in [9.17, 15) is 13.6 Å². The summed E-state index contributed by atoms with van der Waals surface area (Å²) in [6.45, 7) is -1.05. The maximum absolute atomic E-state index is 13.5. The third kappa shape index (κ3) is 2.76. The van der Waals surface area contributed by atoms with Crippen LogP contribution in [0.15, 0.2) is 30.3 Å². The minimum atomic E-state index is -3.13. The van der Waals surface area contributed by atoms with Gasteiger partial charge in [0.05, 0.1) is 19.7 Å². The van der Waals surface area contributed by atoms with Gasteiger partial charge in [0.15, 0.2) is 0 Å². The number of carbonyl (C=O) groups is 1. The van der Waals surface area contributed by atoms with Gasteiger partial charge in [-0.2, -0.15) is 0 Å². The van der Waals surface area contributed by atoms with Gasteiger partial charge in [-0.05, 0) is 5.56 Å². The van der Waals surface area contributed by atoms with Crippen LogP contribution in [0.5, 0.6) is 0 Å². The predicted molar refractivity (Wildman–Crippen MR) is 59.6 cm³/mol. The third-order valence-corrected chi connectivity index (χ3v) is 2.82. The number of nitrogens with zero attached hydrogens (tertiary/aromatic N) is 1. The zero-order valence-corrected chi connectivity index (χ0v) is 9.55. The Balaban J connectivity index is 1.95. The molecule has 0 aliphatic carbocycles. The first kappa shape index (κ1) is 12.8. The third-order valence-electron chi connectivity index (χ3n) is 2.82. The molecule has 1 aromatic rings. The minimum Gasteiger partial charge on any atom is -0.465 e. The quantitative estimate of drug-likeness (QED) is 0.903. The standard InChI is InChI=1S/C12H13F2NO3/c13-12(14)8-15(11(16)17)6-10(12)18-7-9-4-2-1-3-5-9/h1-5,10H,6-8H2,(H,16,17). The molecule has 4 nitrogen and oxygen atoms in total. The first-order valence-corrected chi connectivity index (χ1v) is 5.50. The minimum absolute atomic E-state index is 0.0502. The van der Waals surface area contributed by atoms with Crippen molar-refractivity contribution in [2.75, 3.05) is 13.1 Å². The largest absolute Gasteiger partial charge is 0.465 e. The summed E-state index contributed by atoms with van der Waals surface area (Å²) in [6.07, 6.45) is -2.73. The van der Waals surface area contributed by atoms with Crippen molar-refractivity contribution in [1.82, 2.24) is 4.90 Å². The Morgan fingerprint density at radius 2 is 2.11 bits per heavy atom. The molecule has 1 unspecified atom stereocenters. The fourth-order valence-corrected chi connectivity index (χ4v) is 1.85. The first-order valence-electron chi connectivity index (χ1n) is 5.50. The average Bonchev–Trinajstić information content (AvgIpc) is 2.64. The zero-order chi connectivity index (χ0) is 13.2. The number of hydrogen-bond acceptors (Lipinski definition) is 2. The van der Waals surface area contributed by atoms with E-state index in [1.54, 1.807) is 24.3 Å². The number of likely N-dealkylation sites (tertiary alicyclic amines) is 1. The lowest BCUT2D eigenvalue weighted by Crippen LogP contribution is -2.34. The van der Waals surface area contributed by atoms with E-state index in [1.807, 2.05) is 6.07 Å². The van der Waals surface area contributed by atoms with Gasteiger partial charge in [-0.25, -0.2) is 13.6 Å². The van der Waals surface area contributed by atoms with Gasteiger partial charge < -0.3 is 9.84 Å². The van der Waals surface area contributed by atoms with Crippen LogP contribution in [0.1, 0.15) is 5.56 Å². The molecular weight excluding hydrogens is 244 g/mol. The summed E-state index contributed by atoms with van der Waals surface area (Å²) in [5, 5.41) is 8.69. The molecule has 0 bridgehead atoms. The molecule has 1 atom stereocenters. The molecule has 1 heterocycles. The molecule has 1 amide bonds. The highest BCUT2D eigenvalue weighted by Crippen LogP contribution is 2.30. The molecule has 1 aromatic carbocycles. The van der Waals surface area contributed by atoms with Crippen molar-refractivity contribution in [3.05, 3.63) is 35.9 Å². The summed E-state index contributed by atoms with van der Waals surface area (Å²) < 4.78 is 32.1. The lowest BCUT2D eigenvalue weighted by molar-refractivity contribution is -0.110. The molecule has 98 valence electrons. The van der Waals surface area contributed by atoms with E-state index >= 15 is 0 Å². The van der Waals surface area contributed by atoms with Gasteiger partial charge >= 0.3 is 6.09 Å². The van der Waals surface area contributed by atoms with Gasteiger partial charge in [-0.1, -0.05) is 30.3 Å². The van der Waals surface area contributed by atoms with Crippen molar-refractivity contribution in [3.63, 3.8) is 0 Å². The highest BCUT2D eigenvalue weighted by atomic mass is 19.3. The van der Waals surface area contributed by atoms with Gasteiger partial charge in [-0.3, -0.25) is 4.90 Å². The second-order valence-electron chi connectivity index (χ2n) is 4.21. The van der Waals surface area contributed by atoms with E-state index in [-0.39, 0.29) is 13.2 Å². The summed E-state index contributed by atoms with van der Waals surface area (Å²) in [5.41, 5.74) is 0.780. The second kappa shape index (κ2) is 4.89. The van der Waals surface area contributed by atoms with Crippen LogP contribution in [0, 0.1) is 0 Å². The van der Waals surface area contributed by atoms with Crippen LogP contribution in [0.4, 0.5) is 13.6 Å². The molecule has 0 spiro atoms. The van der Waals surface area contributed by atoms with Gasteiger partial charge in [0.25, 0.3) is 5.92 Å². The number of alkyl halides is 2. The van der Waals surface area contributed by atoms with Crippen molar-refractivity contribution >= 4 is 6.09 Å². The van der Waals surface area contributed by atoms with E-state index in [2.05, 4.69) is 0 Å². The lowest BCUT2D eigenvalue weighted by atomic mass is 10.2. The fraction of sp³-hybridized carbons (Fsp3) is 0.417. The highest BCUT2D eigenvalue weighted by Gasteiger charge is 2.50. The molecule has 2 rings (SSSR count). The summed E-state index contributed by atoms with van der Waals surface area (Å²) >= 11 is 0. The van der Waals surface area contributed by atoms with Crippen LogP contribution in [-0.4, -0.2) is 41.2 Å². The van der Waals surface area contributed by atoms with Crippen LogP contribution in [0.25, 0.3) is 0 Å².